The fourth-order valence-electron chi connectivity index (χ4n) is 3.37. The summed E-state index contributed by atoms with van der Waals surface area (Å²) in [5.41, 5.74) is 7.45. The first-order valence-corrected chi connectivity index (χ1v) is 10.5. The van der Waals surface area contributed by atoms with Crippen LogP contribution in [0.25, 0.3) is 16.9 Å². The van der Waals surface area contributed by atoms with E-state index in [9.17, 15) is 9.59 Å². The van der Waals surface area contributed by atoms with Crippen molar-refractivity contribution in [2.45, 2.75) is 6.04 Å². The quantitative estimate of drug-likeness (QED) is 0.465. The first-order chi connectivity index (χ1) is 15.0. The van der Waals surface area contributed by atoms with Gasteiger partial charge in [-0.3, -0.25) is 14.0 Å². The van der Waals surface area contributed by atoms with E-state index < -0.39 is 5.91 Å². The van der Waals surface area contributed by atoms with Gasteiger partial charge in [0.05, 0.1) is 11.7 Å². The number of likely N-dealkylation sites (N-methyl/N-ethyl adjacent to an activating group) is 1. The number of rotatable bonds is 7. The maximum atomic E-state index is 13.2. The molecule has 0 saturated heterocycles. The number of carbonyl (C=O) groups excluding carboxylic acids is 2. The van der Waals surface area contributed by atoms with E-state index in [1.807, 2.05) is 55.9 Å². The number of nitrogens with two attached hydrogens (primary N) is 1. The second-order valence-electron chi connectivity index (χ2n) is 7.25. The number of nitrogens with zero attached hydrogens (tertiary/aromatic N) is 4. The van der Waals surface area contributed by atoms with Crippen LogP contribution in [-0.2, 0) is 0 Å². The van der Waals surface area contributed by atoms with Crippen LogP contribution < -0.4 is 11.1 Å². The summed E-state index contributed by atoms with van der Waals surface area (Å²) in [5.74, 6) is -0.988. The van der Waals surface area contributed by atoms with E-state index in [2.05, 4.69) is 26.3 Å². The van der Waals surface area contributed by atoms with Gasteiger partial charge in [-0.05, 0) is 31.6 Å². The fourth-order valence-corrected chi connectivity index (χ4v) is 4.30. The summed E-state index contributed by atoms with van der Waals surface area (Å²) in [4.78, 5) is 36.9. The summed E-state index contributed by atoms with van der Waals surface area (Å²) in [7, 11) is 3.95. The van der Waals surface area contributed by atoms with E-state index in [0.717, 1.165) is 10.4 Å². The Labute approximate surface area is 183 Å². The minimum Gasteiger partial charge on any atom is -0.364 e. The molecule has 3 heterocycles. The lowest BCUT2D eigenvalue weighted by Crippen LogP contribution is -2.35. The molecule has 3 N–H and O–H groups in total. The molecule has 0 spiro atoms. The van der Waals surface area contributed by atoms with E-state index in [0.29, 0.717) is 17.9 Å². The summed E-state index contributed by atoms with van der Waals surface area (Å²) in [5, 5.41) is 5.03. The fraction of sp³-hybridized carbons (Fsp3) is 0.182. The van der Waals surface area contributed by atoms with Gasteiger partial charge in [0.1, 0.15) is 12.0 Å². The number of carbonyl (C=O) groups is 2. The molecule has 0 aliphatic heterocycles. The zero-order valence-corrected chi connectivity index (χ0v) is 18.0. The Morgan fingerprint density at radius 3 is 2.61 bits per heavy atom. The van der Waals surface area contributed by atoms with Crippen LogP contribution in [0.15, 0.2) is 60.2 Å². The number of imidazole rings is 1. The Morgan fingerprint density at radius 1 is 1.19 bits per heavy atom. The molecule has 1 atom stereocenters. The number of nitrogens with one attached hydrogen (secondary N) is 1. The number of benzene rings is 1. The molecule has 1 aromatic carbocycles. The van der Waals surface area contributed by atoms with Crippen molar-refractivity contribution in [2.24, 2.45) is 5.73 Å². The second-order valence-corrected chi connectivity index (χ2v) is 8.23. The Kier molecular flexibility index (Phi) is 5.79. The topological polar surface area (TPSA) is 106 Å². The number of amides is 2. The van der Waals surface area contributed by atoms with Crippen LogP contribution in [0.4, 0.5) is 0 Å². The van der Waals surface area contributed by atoms with Gasteiger partial charge in [-0.25, -0.2) is 9.97 Å². The monoisotopic (exact) mass is 434 g/mol. The van der Waals surface area contributed by atoms with Gasteiger partial charge in [-0.1, -0.05) is 36.4 Å². The SMILES string of the molecule is CN(C)[C@@H](CNC(=O)c1cc(-c2ccccc2)nc2c(C(N)=O)ncn12)c1cccs1. The number of hydrogen-bond acceptors (Lipinski definition) is 6. The van der Waals surface area contributed by atoms with E-state index >= 15 is 0 Å². The number of primary amides is 1. The molecule has 8 nitrogen and oxygen atoms in total. The first-order valence-electron chi connectivity index (χ1n) is 9.67. The Morgan fingerprint density at radius 2 is 1.97 bits per heavy atom. The number of hydrogen-bond donors (Lipinski definition) is 2. The highest BCUT2D eigenvalue weighted by Gasteiger charge is 2.21. The lowest BCUT2D eigenvalue weighted by Gasteiger charge is -2.23. The minimum atomic E-state index is -0.697. The highest BCUT2D eigenvalue weighted by Crippen LogP contribution is 2.24. The van der Waals surface area contributed by atoms with Crippen LogP contribution >= 0.6 is 11.3 Å². The van der Waals surface area contributed by atoms with Gasteiger partial charge in [0.25, 0.3) is 11.8 Å². The number of thiophene rings is 1. The Balaban J connectivity index is 1.72. The highest BCUT2D eigenvalue weighted by atomic mass is 32.1. The smallest absolute Gasteiger partial charge is 0.271 e. The zero-order chi connectivity index (χ0) is 22.0. The average Bonchev–Trinajstić information content (AvgIpc) is 3.43. The zero-order valence-electron chi connectivity index (χ0n) is 17.1. The van der Waals surface area contributed by atoms with Gasteiger partial charge < -0.3 is 16.0 Å². The van der Waals surface area contributed by atoms with Crippen LogP contribution in [0.1, 0.15) is 31.9 Å². The van der Waals surface area contributed by atoms with Gasteiger partial charge >= 0.3 is 0 Å². The van der Waals surface area contributed by atoms with Gasteiger partial charge in [-0.15, -0.1) is 11.3 Å². The second kappa shape index (κ2) is 8.66. The van der Waals surface area contributed by atoms with Gasteiger partial charge in [-0.2, -0.15) is 0 Å². The molecule has 0 radical (unpaired) electrons. The molecule has 0 unspecified atom stereocenters. The van der Waals surface area contributed by atoms with Crippen molar-refractivity contribution in [3.63, 3.8) is 0 Å². The molecule has 4 rings (SSSR count). The highest BCUT2D eigenvalue weighted by molar-refractivity contribution is 7.10. The summed E-state index contributed by atoms with van der Waals surface area (Å²) in [6.45, 7) is 0.425. The normalized spacial score (nSPS) is 12.2. The molecule has 31 heavy (non-hydrogen) atoms. The lowest BCUT2D eigenvalue weighted by atomic mass is 10.1. The van der Waals surface area contributed by atoms with Crippen molar-refractivity contribution in [1.82, 2.24) is 24.6 Å². The molecule has 0 aliphatic carbocycles. The largest absolute Gasteiger partial charge is 0.364 e. The van der Waals surface area contributed by atoms with Crippen molar-refractivity contribution < 1.29 is 9.59 Å². The van der Waals surface area contributed by atoms with Crippen molar-refractivity contribution in [1.29, 1.82) is 0 Å². The summed E-state index contributed by atoms with van der Waals surface area (Å²) in [6, 6.07) is 15.2. The number of aromatic nitrogens is 3. The van der Waals surface area contributed by atoms with Crippen LogP contribution in [0.2, 0.25) is 0 Å². The molecule has 2 amide bonds. The minimum absolute atomic E-state index is 0.0246. The summed E-state index contributed by atoms with van der Waals surface area (Å²) >= 11 is 1.65. The summed E-state index contributed by atoms with van der Waals surface area (Å²) < 4.78 is 1.50. The predicted molar refractivity (Wildman–Crippen MR) is 120 cm³/mol. The third kappa shape index (κ3) is 4.18. The standard InChI is InChI=1S/C22H22N6O2S/c1-27(2)17(18-9-6-10-31-18)12-24-22(30)16-11-15(14-7-4-3-5-8-14)26-21-19(20(23)29)25-13-28(16)21/h3-11,13,17H,12H2,1-2H3,(H2,23,29)(H,24,30)/t17-/m0/s1. The van der Waals surface area contributed by atoms with E-state index in [1.54, 1.807) is 17.4 Å². The molecule has 0 aliphatic rings. The Hall–Kier alpha value is -3.56. The van der Waals surface area contributed by atoms with Gasteiger partial charge in [0.15, 0.2) is 11.3 Å². The van der Waals surface area contributed by atoms with E-state index in [1.165, 1.54) is 10.7 Å². The number of fused-ring (bicyclic) bond motifs is 1. The van der Waals surface area contributed by atoms with Crippen molar-refractivity contribution in [3.8, 4) is 11.3 Å². The van der Waals surface area contributed by atoms with Crippen molar-refractivity contribution in [2.75, 3.05) is 20.6 Å². The van der Waals surface area contributed by atoms with Crippen molar-refractivity contribution in [3.05, 3.63) is 76.5 Å². The molecule has 158 valence electrons. The van der Waals surface area contributed by atoms with Gasteiger partial charge in [0, 0.05) is 17.0 Å². The molecule has 3 aromatic heterocycles. The molecular formula is C22H22N6O2S. The summed E-state index contributed by atoms with van der Waals surface area (Å²) in [6.07, 6.45) is 1.40. The third-order valence-corrected chi connectivity index (χ3v) is 5.96. The lowest BCUT2D eigenvalue weighted by molar-refractivity contribution is 0.0934. The van der Waals surface area contributed by atoms with E-state index in [-0.39, 0.29) is 23.3 Å². The Bertz CT molecular complexity index is 1220. The van der Waals surface area contributed by atoms with Crippen LogP contribution in [-0.4, -0.2) is 51.7 Å². The van der Waals surface area contributed by atoms with Gasteiger partial charge in [0.2, 0.25) is 0 Å². The van der Waals surface area contributed by atoms with Crippen LogP contribution in [0, 0.1) is 0 Å². The molecule has 0 saturated carbocycles. The average molecular weight is 435 g/mol. The van der Waals surface area contributed by atoms with Crippen LogP contribution in [0.5, 0.6) is 0 Å². The first kappa shape index (κ1) is 20.7. The maximum Gasteiger partial charge on any atom is 0.271 e. The molecule has 0 fully saturated rings. The molecule has 9 heteroatoms. The van der Waals surface area contributed by atoms with Crippen LogP contribution in [0.3, 0.4) is 0 Å². The van der Waals surface area contributed by atoms with E-state index in [4.69, 9.17) is 5.73 Å². The molecule has 4 aromatic rings. The molecular weight excluding hydrogens is 412 g/mol. The van der Waals surface area contributed by atoms with Crippen molar-refractivity contribution >= 4 is 28.8 Å². The third-order valence-electron chi connectivity index (χ3n) is 4.99. The molecule has 0 bridgehead atoms. The predicted octanol–water partition coefficient (Wildman–Crippen LogP) is 2.59. The maximum absolute atomic E-state index is 13.2.